The van der Waals surface area contributed by atoms with Crippen molar-refractivity contribution >= 4 is 29.5 Å². The molecule has 2 amide bonds. The standard InChI is InChI=1S/C28H34N2O5S/c1-2-34-25(31)17-24-26(35-24)27(32)29-23(19-36-18-20-9-5-3-6-10-20)28(33)30-15-13-22(14-16-30)21-11-7-4-8-12-21/h3-12,22-24,26H,2,13-19H2,1H3,(H,29,32)/t23-,24+,26-/m0/s1. The van der Waals surface area contributed by atoms with Crippen LogP contribution < -0.4 is 5.32 Å². The van der Waals surface area contributed by atoms with Crippen LogP contribution >= 0.6 is 11.8 Å². The number of nitrogens with one attached hydrogen (secondary N) is 1. The normalized spacial score (nSPS) is 20.4. The highest BCUT2D eigenvalue weighted by molar-refractivity contribution is 7.98. The second-order valence-electron chi connectivity index (χ2n) is 9.18. The van der Waals surface area contributed by atoms with Gasteiger partial charge in [-0.3, -0.25) is 14.4 Å². The number of ether oxygens (including phenoxy) is 2. The number of rotatable bonds is 11. The molecular weight excluding hydrogens is 476 g/mol. The third-order valence-corrected chi connectivity index (χ3v) is 7.71. The topological polar surface area (TPSA) is 88.2 Å². The molecule has 2 aliphatic rings. The molecule has 2 aromatic rings. The Labute approximate surface area is 216 Å². The lowest BCUT2D eigenvalue weighted by atomic mass is 9.89. The molecule has 0 aromatic heterocycles. The molecule has 4 rings (SSSR count). The minimum Gasteiger partial charge on any atom is -0.466 e. The Balaban J connectivity index is 1.33. The summed E-state index contributed by atoms with van der Waals surface area (Å²) in [6.07, 6.45) is 0.647. The SMILES string of the molecule is CCOC(=O)C[C@H]1O[C@@H]1C(=O)N[C@@H](CSCc1ccccc1)C(=O)N1CCC(c2ccccc2)CC1. The zero-order valence-corrected chi connectivity index (χ0v) is 21.5. The average molecular weight is 511 g/mol. The van der Waals surface area contributed by atoms with Gasteiger partial charge in [-0.2, -0.15) is 11.8 Å². The van der Waals surface area contributed by atoms with Crippen molar-refractivity contribution in [2.75, 3.05) is 25.4 Å². The number of amides is 2. The van der Waals surface area contributed by atoms with Gasteiger partial charge < -0.3 is 19.7 Å². The van der Waals surface area contributed by atoms with Gasteiger partial charge >= 0.3 is 5.97 Å². The molecule has 2 aliphatic heterocycles. The Morgan fingerprint density at radius 3 is 2.39 bits per heavy atom. The maximum atomic E-state index is 13.5. The Hall–Kier alpha value is -2.84. The summed E-state index contributed by atoms with van der Waals surface area (Å²) in [6.45, 7) is 3.36. The molecular formula is C28H34N2O5S. The summed E-state index contributed by atoms with van der Waals surface area (Å²) < 4.78 is 10.4. The molecule has 2 heterocycles. The van der Waals surface area contributed by atoms with Gasteiger partial charge in [0.2, 0.25) is 5.91 Å². The maximum Gasteiger partial charge on any atom is 0.308 e. The van der Waals surface area contributed by atoms with E-state index in [9.17, 15) is 14.4 Å². The first kappa shape index (κ1) is 26.2. The van der Waals surface area contributed by atoms with E-state index in [0.717, 1.165) is 18.6 Å². The van der Waals surface area contributed by atoms with Crippen molar-refractivity contribution in [1.29, 1.82) is 0 Å². The van der Waals surface area contributed by atoms with Crippen LogP contribution in [0, 0.1) is 0 Å². The van der Waals surface area contributed by atoms with Crippen molar-refractivity contribution in [2.24, 2.45) is 0 Å². The lowest BCUT2D eigenvalue weighted by Gasteiger charge is -2.34. The first-order valence-electron chi connectivity index (χ1n) is 12.6. The van der Waals surface area contributed by atoms with Crippen molar-refractivity contribution in [1.82, 2.24) is 10.2 Å². The average Bonchev–Trinajstić information content (AvgIpc) is 3.68. The second kappa shape index (κ2) is 12.9. The fourth-order valence-corrected chi connectivity index (χ4v) is 5.60. The smallest absolute Gasteiger partial charge is 0.308 e. The van der Waals surface area contributed by atoms with Gasteiger partial charge in [0.05, 0.1) is 13.0 Å². The van der Waals surface area contributed by atoms with Gasteiger partial charge in [0, 0.05) is 24.6 Å². The number of hydrogen-bond donors (Lipinski definition) is 1. The van der Waals surface area contributed by atoms with Gasteiger partial charge in [-0.05, 0) is 36.8 Å². The van der Waals surface area contributed by atoms with Crippen molar-refractivity contribution in [3.05, 3.63) is 71.8 Å². The van der Waals surface area contributed by atoms with Crippen LogP contribution in [0.5, 0.6) is 0 Å². The summed E-state index contributed by atoms with van der Waals surface area (Å²) in [5.41, 5.74) is 2.48. The summed E-state index contributed by atoms with van der Waals surface area (Å²) in [6, 6.07) is 19.8. The fraction of sp³-hybridized carbons (Fsp3) is 0.464. The highest BCUT2D eigenvalue weighted by atomic mass is 32.2. The van der Waals surface area contributed by atoms with Crippen molar-refractivity contribution in [2.45, 2.75) is 56.1 Å². The summed E-state index contributed by atoms with van der Waals surface area (Å²) in [7, 11) is 0. The van der Waals surface area contributed by atoms with Gasteiger partial charge in [0.15, 0.2) is 6.10 Å². The minimum absolute atomic E-state index is 0.0420. The van der Waals surface area contributed by atoms with Gasteiger partial charge in [0.1, 0.15) is 12.1 Å². The van der Waals surface area contributed by atoms with E-state index in [0.29, 0.717) is 31.4 Å². The predicted molar refractivity (Wildman–Crippen MR) is 139 cm³/mol. The van der Waals surface area contributed by atoms with Crippen molar-refractivity contribution < 1.29 is 23.9 Å². The van der Waals surface area contributed by atoms with E-state index in [-0.39, 0.29) is 24.2 Å². The monoisotopic (exact) mass is 510 g/mol. The van der Waals surface area contributed by atoms with E-state index in [1.807, 2.05) is 29.2 Å². The van der Waals surface area contributed by atoms with E-state index in [4.69, 9.17) is 9.47 Å². The highest BCUT2D eigenvalue weighted by Gasteiger charge is 2.47. The molecule has 0 radical (unpaired) electrons. The third kappa shape index (κ3) is 7.34. The fourth-order valence-electron chi connectivity index (χ4n) is 4.59. The molecule has 36 heavy (non-hydrogen) atoms. The van der Waals surface area contributed by atoms with Crippen molar-refractivity contribution in [3.63, 3.8) is 0 Å². The summed E-state index contributed by atoms with van der Waals surface area (Å²) >= 11 is 1.62. The molecule has 0 saturated carbocycles. The number of carbonyl (C=O) groups excluding carboxylic acids is 3. The highest BCUT2D eigenvalue weighted by Crippen LogP contribution is 2.29. The zero-order chi connectivity index (χ0) is 25.3. The van der Waals surface area contributed by atoms with Gasteiger partial charge in [-0.1, -0.05) is 60.7 Å². The van der Waals surface area contributed by atoms with E-state index in [1.165, 1.54) is 11.1 Å². The molecule has 2 aromatic carbocycles. The number of piperidine rings is 1. The second-order valence-corrected chi connectivity index (χ2v) is 10.2. The number of nitrogens with zero attached hydrogens (tertiary/aromatic N) is 1. The van der Waals surface area contributed by atoms with Crippen LogP contribution in [0.3, 0.4) is 0 Å². The Morgan fingerprint density at radius 2 is 1.72 bits per heavy atom. The predicted octanol–water partition coefficient (Wildman–Crippen LogP) is 3.53. The van der Waals surface area contributed by atoms with Crippen LogP contribution in [0.4, 0.5) is 0 Å². The van der Waals surface area contributed by atoms with Crippen LogP contribution in [0.25, 0.3) is 0 Å². The number of thioether (sulfide) groups is 1. The molecule has 0 unspecified atom stereocenters. The molecule has 0 aliphatic carbocycles. The van der Waals surface area contributed by atoms with Gasteiger partial charge in [0.25, 0.3) is 5.91 Å². The Morgan fingerprint density at radius 1 is 1.06 bits per heavy atom. The number of carbonyl (C=O) groups is 3. The molecule has 7 nitrogen and oxygen atoms in total. The largest absolute Gasteiger partial charge is 0.466 e. The van der Waals surface area contributed by atoms with Crippen LogP contribution in [-0.4, -0.2) is 66.4 Å². The molecule has 1 N–H and O–H groups in total. The van der Waals surface area contributed by atoms with Crippen LogP contribution in [-0.2, 0) is 29.6 Å². The van der Waals surface area contributed by atoms with Crippen LogP contribution in [0.15, 0.2) is 60.7 Å². The summed E-state index contributed by atoms with van der Waals surface area (Å²) in [5.74, 6) is 0.875. The quantitative estimate of drug-likeness (QED) is 0.368. The van der Waals surface area contributed by atoms with Gasteiger partial charge in [-0.25, -0.2) is 0 Å². The molecule has 8 heteroatoms. The molecule has 0 spiro atoms. The zero-order valence-electron chi connectivity index (χ0n) is 20.6. The lowest BCUT2D eigenvalue weighted by molar-refractivity contribution is -0.143. The van der Waals surface area contributed by atoms with Gasteiger partial charge in [-0.15, -0.1) is 0 Å². The molecule has 2 fully saturated rings. The first-order valence-corrected chi connectivity index (χ1v) is 13.8. The molecule has 0 bridgehead atoms. The summed E-state index contributed by atoms with van der Waals surface area (Å²) in [5, 5.41) is 2.91. The lowest BCUT2D eigenvalue weighted by Crippen LogP contribution is -2.52. The van der Waals surface area contributed by atoms with Crippen LogP contribution in [0.1, 0.15) is 43.2 Å². The van der Waals surface area contributed by atoms with E-state index in [2.05, 4.69) is 41.7 Å². The van der Waals surface area contributed by atoms with E-state index < -0.39 is 18.2 Å². The van der Waals surface area contributed by atoms with E-state index >= 15 is 0 Å². The number of hydrogen-bond acceptors (Lipinski definition) is 6. The molecule has 192 valence electrons. The number of esters is 1. The number of epoxide rings is 1. The number of benzene rings is 2. The Kier molecular flexibility index (Phi) is 9.41. The summed E-state index contributed by atoms with van der Waals surface area (Å²) in [4.78, 5) is 39.9. The van der Waals surface area contributed by atoms with Crippen molar-refractivity contribution in [3.8, 4) is 0 Å². The van der Waals surface area contributed by atoms with E-state index in [1.54, 1.807) is 18.7 Å². The van der Waals surface area contributed by atoms with Crippen LogP contribution in [0.2, 0.25) is 0 Å². The number of likely N-dealkylation sites (tertiary alicyclic amines) is 1. The maximum absolute atomic E-state index is 13.5. The Bertz CT molecular complexity index is 1010. The third-order valence-electron chi connectivity index (χ3n) is 6.60. The molecule has 3 atom stereocenters. The molecule has 2 saturated heterocycles. The minimum atomic E-state index is -0.715. The first-order chi connectivity index (χ1) is 17.5.